The molecule has 8 bridgehead atoms. The predicted octanol–water partition coefficient (Wildman–Crippen LogP) is -0.462. The fraction of sp³-hybridized carbons (Fsp3) is 0.889. The summed E-state index contributed by atoms with van der Waals surface area (Å²) in [6.07, 6.45) is 0. The van der Waals surface area contributed by atoms with Crippen LogP contribution in [0.4, 0.5) is 0 Å². The van der Waals surface area contributed by atoms with E-state index < -0.39 is 0 Å². The Morgan fingerprint density at radius 3 is 0.958 bits per heavy atom. The quantitative estimate of drug-likeness (QED) is 0.611. The lowest BCUT2D eigenvalue weighted by Gasteiger charge is -2.42. The molecule has 8 rings (SSSR count). The third-order valence-electron chi connectivity index (χ3n) is 7.25. The van der Waals surface area contributed by atoms with Crippen molar-refractivity contribution in [3.8, 4) is 0 Å². The molecule has 0 unspecified atom stereocenters. The molecule has 0 N–H and O–H groups in total. The third-order valence-corrected chi connectivity index (χ3v) is 7.25. The first-order valence-electron chi connectivity index (χ1n) is 9.86. The zero-order valence-electron chi connectivity index (χ0n) is 14.5. The smallest absolute Gasteiger partial charge is 0.0518 e. The van der Waals surface area contributed by atoms with Crippen LogP contribution in [0.25, 0.3) is 0 Å². The van der Waals surface area contributed by atoms with Crippen LogP contribution in [0.3, 0.4) is 0 Å². The van der Waals surface area contributed by atoms with Gasteiger partial charge in [0.1, 0.15) is 0 Å². The molecule has 8 saturated heterocycles. The van der Waals surface area contributed by atoms with E-state index in [4.69, 9.17) is 10.2 Å². The van der Waals surface area contributed by atoms with E-state index >= 15 is 0 Å². The number of rotatable bonds is 1. The summed E-state index contributed by atoms with van der Waals surface area (Å²) >= 11 is 0. The van der Waals surface area contributed by atoms with Gasteiger partial charge in [0, 0.05) is 102 Å². The van der Waals surface area contributed by atoms with Crippen LogP contribution in [0.15, 0.2) is 10.2 Å². The highest BCUT2D eigenvalue weighted by Crippen LogP contribution is 2.32. The molecule has 8 aliphatic heterocycles. The number of hydrogen-bond donors (Lipinski definition) is 0. The van der Waals surface area contributed by atoms with Crippen LogP contribution in [0.5, 0.6) is 0 Å². The second kappa shape index (κ2) is 5.34. The van der Waals surface area contributed by atoms with Crippen LogP contribution in [-0.4, -0.2) is 110 Å². The molecule has 0 amide bonds. The van der Waals surface area contributed by atoms with Crippen LogP contribution in [-0.2, 0) is 0 Å². The summed E-state index contributed by atoms with van der Waals surface area (Å²) in [6.45, 7) is 14.7. The Hall–Kier alpha value is -0.820. The fourth-order valence-corrected chi connectivity index (χ4v) is 6.18. The van der Waals surface area contributed by atoms with E-state index in [1.165, 1.54) is 90.0 Å². The zero-order chi connectivity index (χ0) is 15.7. The Morgan fingerprint density at radius 2 is 0.708 bits per heavy atom. The lowest BCUT2D eigenvalue weighted by Crippen LogP contribution is -2.54. The number of nitrogens with zero attached hydrogens (tertiary/aromatic N) is 6. The van der Waals surface area contributed by atoms with Crippen LogP contribution >= 0.6 is 0 Å². The van der Waals surface area contributed by atoms with E-state index in [1.807, 2.05) is 0 Å². The molecular weight excluding hydrogens is 300 g/mol. The first-order valence-corrected chi connectivity index (χ1v) is 9.86. The van der Waals surface area contributed by atoms with Crippen molar-refractivity contribution in [2.45, 2.75) is 0 Å². The Morgan fingerprint density at radius 1 is 0.458 bits per heavy atom. The maximum atomic E-state index is 4.96. The topological polar surface area (TPSA) is 37.7 Å². The maximum absolute atomic E-state index is 4.96. The number of hydrogen-bond acceptors (Lipinski definition) is 6. The molecule has 24 heavy (non-hydrogen) atoms. The van der Waals surface area contributed by atoms with E-state index in [2.05, 4.69) is 19.6 Å². The van der Waals surface area contributed by atoms with Crippen molar-refractivity contribution in [2.75, 3.05) is 78.5 Å². The molecule has 6 nitrogen and oxygen atoms in total. The summed E-state index contributed by atoms with van der Waals surface area (Å²) in [4.78, 5) is 10.6. The molecule has 0 radical (unpaired) electrons. The van der Waals surface area contributed by atoms with Gasteiger partial charge in [0.2, 0.25) is 0 Å². The molecule has 130 valence electrons. The average molecular weight is 328 g/mol. The van der Waals surface area contributed by atoms with Gasteiger partial charge in [-0.15, -0.1) is 0 Å². The molecule has 0 saturated carbocycles. The second-order valence-corrected chi connectivity index (χ2v) is 8.88. The minimum atomic E-state index is 0.636. The van der Waals surface area contributed by atoms with Gasteiger partial charge in [-0.3, -0.25) is 0 Å². The molecule has 0 aliphatic carbocycles. The first kappa shape index (κ1) is 14.4. The molecule has 0 aromatic rings. The molecule has 8 heterocycles. The SMILES string of the molecule is C1CN2CC3CN1CC(C2)C3=NN=C1C2CN3CCN(C2)CC1C3. The summed E-state index contributed by atoms with van der Waals surface area (Å²) in [5.74, 6) is 2.54. The van der Waals surface area contributed by atoms with Gasteiger partial charge >= 0.3 is 0 Å². The van der Waals surface area contributed by atoms with Gasteiger partial charge in [-0.05, 0) is 0 Å². The molecule has 6 heteroatoms. The highest BCUT2D eigenvalue weighted by atomic mass is 15.3. The van der Waals surface area contributed by atoms with E-state index in [9.17, 15) is 0 Å². The average Bonchev–Trinajstić information content (AvgIpc) is 2.95. The monoisotopic (exact) mass is 328 g/mol. The van der Waals surface area contributed by atoms with Gasteiger partial charge in [0.05, 0.1) is 11.4 Å². The van der Waals surface area contributed by atoms with E-state index in [0.717, 1.165) is 0 Å². The Kier molecular flexibility index (Phi) is 3.19. The first-order chi connectivity index (χ1) is 11.8. The fourth-order valence-electron chi connectivity index (χ4n) is 6.18. The van der Waals surface area contributed by atoms with E-state index in [-0.39, 0.29) is 0 Å². The van der Waals surface area contributed by atoms with Gasteiger partial charge in [-0.2, -0.15) is 10.2 Å². The Bertz CT molecular complexity index is 480. The largest absolute Gasteiger partial charge is 0.301 e. The molecule has 0 aromatic carbocycles. The van der Waals surface area contributed by atoms with Crippen molar-refractivity contribution < 1.29 is 0 Å². The molecular formula is C18H28N6. The molecule has 0 atom stereocenters. The van der Waals surface area contributed by atoms with Gasteiger partial charge < -0.3 is 19.6 Å². The van der Waals surface area contributed by atoms with Crippen molar-refractivity contribution in [3.05, 3.63) is 0 Å². The summed E-state index contributed by atoms with van der Waals surface area (Å²) in [7, 11) is 0. The Labute approximate surface area is 144 Å². The second-order valence-electron chi connectivity index (χ2n) is 8.88. The lowest BCUT2D eigenvalue weighted by molar-refractivity contribution is 0.186. The minimum Gasteiger partial charge on any atom is -0.301 e. The minimum absolute atomic E-state index is 0.636. The summed E-state index contributed by atoms with van der Waals surface area (Å²) in [5, 5.41) is 9.91. The van der Waals surface area contributed by atoms with Crippen molar-refractivity contribution in [2.24, 2.45) is 33.9 Å². The normalized spacial score (nSPS) is 51.7. The highest BCUT2D eigenvalue weighted by molar-refractivity contribution is 5.94. The Balaban J connectivity index is 1.30. The van der Waals surface area contributed by atoms with Gasteiger partial charge in [0.15, 0.2) is 0 Å². The highest BCUT2D eigenvalue weighted by Gasteiger charge is 2.44. The standard InChI is InChI=1S/C18H28N6/c1-2-22-7-13-5-21(1)6-14(8-22)17(13)19-20-18-15-9-23-3-4-24(11-15)12-16(18)10-23/h13-16H,1-12H2. The van der Waals surface area contributed by atoms with Gasteiger partial charge in [-0.1, -0.05) is 0 Å². The van der Waals surface area contributed by atoms with Crippen LogP contribution in [0.2, 0.25) is 0 Å². The van der Waals surface area contributed by atoms with Crippen molar-refractivity contribution in [1.29, 1.82) is 0 Å². The van der Waals surface area contributed by atoms with Crippen LogP contribution < -0.4 is 0 Å². The van der Waals surface area contributed by atoms with E-state index in [0.29, 0.717) is 23.7 Å². The van der Waals surface area contributed by atoms with Crippen LogP contribution in [0, 0.1) is 23.7 Å². The number of piperidine rings is 4. The van der Waals surface area contributed by atoms with Crippen molar-refractivity contribution in [3.63, 3.8) is 0 Å². The molecule has 0 spiro atoms. The summed E-state index contributed by atoms with van der Waals surface area (Å²) in [6, 6.07) is 0. The van der Waals surface area contributed by atoms with Gasteiger partial charge in [-0.25, -0.2) is 0 Å². The predicted molar refractivity (Wildman–Crippen MR) is 94.6 cm³/mol. The van der Waals surface area contributed by atoms with E-state index in [1.54, 1.807) is 0 Å². The van der Waals surface area contributed by atoms with Gasteiger partial charge in [0.25, 0.3) is 0 Å². The lowest BCUT2D eigenvalue weighted by atomic mass is 9.83. The molecule has 0 aromatic heterocycles. The zero-order valence-corrected chi connectivity index (χ0v) is 14.5. The molecule has 8 fully saturated rings. The third kappa shape index (κ3) is 2.23. The summed E-state index contributed by atoms with van der Waals surface area (Å²) in [5.41, 5.74) is 2.87. The summed E-state index contributed by atoms with van der Waals surface area (Å²) < 4.78 is 0. The number of fused-ring (bicyclic) bond motifs is 2. The van der Waals surface area contributed by atoms with Crippen molar-refractivity contribution in [1.82, 2.24) is 19.6 Å². The van der Waals surface area contributed by atoms with Crippen molar-refractivity contribution >= 4 is 11.4 Å². The maximum Gasteiger partial charge on any atom is 0.0518 e. The van der Waals surface area contributed by atoms with Crippen LogP contribution in [0.1, 0.15) is 0 Å². The molecule has 8 aliphatic rings.